The Morgan fingerprint density at radius 3 is 2.33 bits per heavy atom. The first-order valence-corrected chi connectivity index (χ1v) is 13.5. The number of aromatic nitrogens is 1. The molecule has 1 aromatic heterocycles. The highest BCUT2D eigenvalue weighted by atomic mass is 32.2. The smallest absolute Gasteiger partial charge is 0.382 e. The Morgan fingerprint density at radius 2 is 1.64 bits per heavy atom. The van der Waals surface area contributed by atoms with E-state index in [1.165, 1.54) is 4.57 Å². The van der Waals surface area contributed by atoms with Crippen LogP contribution in [0.2, 0.25) is 0 Å². The number of alkyl halides is 3. The van der Waals surface area contributed by atoms with Crippen molar-refractivity contribution in [2.45, 2.75) is 38.1 Å². The fourth-order valence-corrected chi connectivity index (χ4v) is 6.01. The lowest BCUT2D eigenvalue weighted by atomic mass is 10.1. The molecule has 0 radical (unpaired) electrons. The molecular formula is C28H28F3N3OS. The second kappa shape index (κ2) is 10.4. The van der Waals surface area contributed by atoms with Crippen LogP contribution in [0.5, 0.6) is 0 Å². The van der Waals surface area contributed by atoms with E-state index in [9.17, 15) is 17.4 Å². The standard InChI is InChI=1S/C28H28F3N3OS/c29-28(30,31)19-34-26-8-4-7-25(33-23-13-15-36(35)16-14-23)24(26)17-27(34)21-11-9-20(10-12-21)18-32-22-5-2-1-3-6-22/h1-12,17,23,32-33H,13-16,18-19H2. The number of benzene rings is 3. The van der Waals surface area contributed by atoms with Crippen LogP contribution >= 0.6 is 0 Å². The predicted molar refractivity (Wildman–Crippen MR) is 142 cm³/mol. The number of hydrogen-bond acceptors (Lipinski definition) is 3. The van der Waals surface area contributed by atoms with Crippen molar-refractivity contribution in [3.05, 3.63) is 84.4 Å². The Morgan fingerprint density at radius 1 is 0.917 bits per heavy atom. The molecule has 0 unspecified atom stereocenters. The van der Waals surface area contributed by atoms with Gasteiger partial charge >= 0.3 is 6.18 Å². The SMILES string of the molecule is O=S1CCC(Nc2cccc3c2cc(-c2ccc(CNc4ccccc4)cc2)n3CC(F)(F)F)CC1. The van der Waals surface area contributed by atoms with Crippen molar-refractivity contribution < 1.29 is 17.4 Å². The fraction of sp³-hybridized carbons (Fsp3) is 0.286. The van der Waals surface area contributed by atoms with Crippen molar-refractivity contribution in [3.63, 3.8) is 0 Å². The third-order valence-electron chi connectivity index (χ3n) is 6.55. The average molecular weight is 512 g/mol. The quantitative estimate of drug-likeness (QED) is 0.287. The summed E-state index contributed by atoms with van der Waals surface area (Å²) in [7, 11) is -0.770. The van der Waals surface area contributed by atoms with Crippen molar-refractivity contribution in [2.24, 2.45) is 0 Å². The highest BCUT2D eigenvalue weighted by Gasteiger charge is 2.30. The lowest BCUT2D eigenvalue weighted by Gasteiger charge is -2.24. The number of nitrogens with zero attached hydrogens (tertiary/aromatic N) is 1. The molecule has 188 valence electrons. The maximum atomic E-state index is 13.6. The van der Waals surface area contributed by atoms with E-state index in [-0.39, 0.29) is 6.04 Å². The zero-order valence-electron chi connectivity index (χ0n) is 19.7. The lowest BCUT2D eigenvalue weighted by Crippen LogP contribution is -2.29. The van der Waals surface area contributed by atoms with E-state index in [0.29, 0.717) is 29.3 Å². The zero-order valence-corrected chi connectivity index (χ0v) is 20.5. The Bertz CT molecular complexity index is 1340. The van der Waals surface area contributed by atoms with Crippen molar-refractivity contribution in [3.8, 4) is 11.3 Å². The van der Waals surface area contributed by atoms with Gasteiger partial charge in [-0.3, -0.25) is 4.21 Å². The molecular weight excluding hydrogens is 483 g/mol. The molecule has 0 spiro atoms. The maximum Gasteiger partial charge on any atom is 0.406 e. The highest BCUT2D eigenvalue weighted by molar-refractivity contribution is 7.85. The number of anilines is 2. The van der Waals surface area contributed by atoms with Crippen molar-refractivity contribution in [1.29, 1.82) is 0 Å². The van der Waals surface area contributed by atoms with Gasteiger partial charge in [-0.1, -0.05) is 48.5 Å². The predicted octanol–water partition coefficient (Wildman–Crippen LogP) is 6.81. The molecule has 2 N–H and O–H groups in total. The van der Waals surface area contributed by atoms with Gasteiger partial charge in [0.1, 0.15) is 6.54 Å². The van der Waals surface area contributed by atoms with E-state index in [2.05, 4.69) is 10.6 Å². The zero-order chi connectivity index (χ0) is 25.1. The van der Waals surface area contributed by atoms with E-state index in [1.807, 2.05) is 66.7 Å². The molecule has 1 aliphatic heterocycles. The number of nitrogens with one attached hydrogen (secondary N) is 2. The van der Waals surface area contributed by atoms with Crippen molar-refractivity contribution in [2.75, 3.05) is 22.1 Å². The van der Waals surface area contributed by atoms with Gasteiger partial charge in [-0.05, 0) is 54.3 Å². The van der Waals surface area contributed by atoms with E-state index >= 15 is 0 Å². The first-order valence-electron chi connectivity index (χ1n) is 12.0. The monoisotopic (exact) mass is 511 g/mol. The lowest BCUT2D eigenvalue weighted by molar-refractivity contribution is -0.139. The normalized spacial score (nSPS) is 18.3. The molecule has 4 nitrogen and oxygen atoms in total. The van der Waals surface area contributed by atoms with Gasteiger partial charge in [0, 0.05) is 57.3 Å². The van der Waals surface area contributed by atoms with Crippen LogP contribution in [0.3, 0.4) is 0 Å². The summed E-state index contributed by atoms with van der Waals surface area (Å²) >= 11 is 0. The van der Waals surface area contributed by atoms with Gasteiger partial charge in [-0.2, -0.15) is 13.2 Å². The van der Waals surface area contributed by atoms with Crippen molar-refractivity contribution >= 4 is 33.1 Å². The molecule has 2 heterocycles. The Hall–Kier alpha value is -3.26. The van der Waals surface area contributed by atoms with Gasteiger partial charge < -0.3 is 15.2 Å². The minimum absolute atomic E-state index is 0.166. The number of hydrogen-bond donors (Lipinski definition) is 2. The molecule has 1 fully saturated rings. The van der Waals surface area contributed by atoms with Crippen LogP contribution in [0.25, 0.3) is 22.2 Å². The molecule has 0 amide bonds. The maximum absolute atomic E-state index is 13.6. The topological polar surface area (TPSA) is 46.1 Å². The molecule has 1 aliphatic rings. The number of rotatable bonds is 7. The summed E-state index contributed by atoms with van der Waals surface area (Å²) in [6, 6.07) is 25.0. The second-order valence-corrected chi connectivity index (χ2v) is 10.8. The van der Waals surface area contributed by atoms with Gasteiger partial charge in [0.2, 0.25) is 0 Å². The third kappa shape index (κ3) is 5.75. The van der Waals surface area contributed by atoms with E-state index in [0.717, 1.165) is 40.7 Å². The van der Waals surface area contributed by atoms with Gasteiger partial charge in [0.15, 0.2) is 0 Å². The van der Waals surface area contributed by atoms with Crippen LogP contribution in [0.1, 0.15) is 18.4 Å². The molecule has 0 atom stereocenters. The van der Waals surface area contributed by atoms with Crippen LogP contribution in [-0.2, 0) is 23.9 Å². The summed E-state index contributed by atoms with van der Waals surface area (Å²) in [5.74, 6) is 1.30. The first-order chi connectivity index (χ1) is 17.4. The van der Waals surface area contributed by atoms with E-state index in [4.69, 9.17) is 0 Å². The summed E-state index contributed by atoms with van der Waals surface area (Å²) in [6.07, 6.45) is -2.77. The average Bonchev–Trinajstić information content (AvgIpc) is 3.23. The van der Waals surface area contributed by atoms with Crippen LogP contribution in [0, 0.1) is 0 Å². The summed E-state index contributed by atoms with van der Waals surface area (Å²) < 4.78 is 53.9. The molecule has 3 aromatic carbocycles. The molecule has 0 aliphatic carbocycles. The second-order valence-electron chi connectivity index (χ2n) is 9.15. The fourth-order valence-electron chi connectivity index (χ4n) is 4.71. The van der Waals surface area contributed by atoms with Gasteiger partial charge in [-0.15, -0.1) is 0 Å². The molecule has 8 heteroatoms. The van der Waals surface area contributed by atoms with E-state index < -0.39 is 23.5 Å². The van der Waals surface area contributed by atoms with Crippen molar-refractivity contribution in [1.82, 2.24) is 4.57 Å². The molecule has 4 aromatic rings. The summed E-state index contributed by atoms with van der Waals surface area (Å²) in [5, 5.41) is 7.62. The van der Waals surface area contributed by atoms with Crippen LogP contribution < -0.4 is 10.6 Å². The number of para-hydroxylation sites is 1. The summed E-state index contributed by atoms with van der Waals surface area (Å²) in [5.41, 5.74) is 4.67. The molecule has 5 rings (SSSR count). The molecule has 1 saturated heterocycles. The summed E-state index contributed by atoms with van der Waals surface area (Å²) in [6.45, 7) is -0.439. The molecule has 36 heavy (non-hydrogen) atoms. The molecule has 0 saturated carbocycles. The van der Waals surface area contributed by atoms with Crippen LogP contribution in [-0.4, -0.2) is 32.5 Å². The number of halogens is 3. The highest BCUT2D eigenvalue weighted by Crippen LogP contribution is 2.36. The molecule has 0 bridgehead atoms. The minimum atomic E-state index is -4.35. The minimum Gasteiger partial charge on any atom is -0.382 e. The van der Waals surface area contributed by atoms with Gasteiger partial charge in [-0.25, -0.2) is 0 Å². The Labute approximate surface area is 211 Å². The Balaban J connectivity index is 1.45. The number of fused-ring (bicyclic) bond motifs is 1. The van der Waals surface area contributed by atoms with E-state index in [1.54, 1.807) is 12.1 Å². The van der Waals surface area contributed by atoms with Gasteiger partial charge in [0.25, 0.3) is 0 Å². The van der Waals surface area contributed by atoms with Crippen LogP contribution in [0.4, 0.5) is 24.5 Å². The summed E-state index contributed by atoms with van der Waals surface area (Å²) in [4.78, 5) is 0. The first kappa shape index (κ1) is 24.4. The third-order valence-corrected chi connectivity index (χ3v) is 7.93. The van der Waals surface area contributed by atoms with Gasteiger partial charge in [0.05, 0.1) is 5.52 Å². The largest absolute Gasteiger partial charge is 0.406 e. The Kier molecular flexibility index (Phi) is 7.05. The van der Waals surface area contributed by atoms with Crippen LogP contribution in [0.15, 0.2) is 78.9 Å².